The molecule has 0 heterocycles. The Labute approximate surface area is 191 Å². The molecule has 0 bridgehead atoms. The normalized spacial score (nSPS) is 8.16. The van der Waals surface area contributed by atoms with Crippen LogP contribution in [0, 0.1) is 0 Å². The molecule has 32 heavy (non-hydrogen) atoms. The van der Waals surface area contributed by atoms with Crippen LogP contribution in [0.4, 0.5) is 11.4 Å². The van der Waals surface area contributed by atoms with Crippen molar-refractivity contribution in [2.45, 2.75) is 62.3 Å². The van der Waals surface area contributed by atoms with Gasteiger partial charge in [-0.2, -0.15) is 0 Å². The maximum absolute atomic E-state index is 11.1. The highest BCUT2D eigenvalue weighted by Crippen LogP contribution is 2.31. The van der Waals surface area contributed by atoms with E-state index in [1.165, 1.54) is 49.4 Å². The minimum Gasteiger partial charge on any atom is -0.506 e. The number of phenolic OH excluding ortho intramolecular Hbond substituents is 1. The van der Waals surface area contributed by atoms with Crippen LogP contribution in [0.2, 0.25) is 0 Å². The van der Waals surface area contributed by atoms with Gasteiger partial charge in [-0.15, -0.1) is 0 Å². The molecule has 0 spiro atoms. The van der Waals surface area contributed by atoms with Gasteiger partial charge in [0.1, 0.15) is 17.2 Å². The Kier molecular flexibility index (Phi) is 21.4. The topological polar surface area (TPSA) is 125 Å². The van der Waals surface area contributed by atoms with E-state index in [1.807, 2.05) is 55.4 Å². The Morgan fingerprint density at radius 1 is 0.750 bits per heavy atom. The van der Waals surface area contributed by atoms with Gasteiger partial charge in [0.05, 0.1) is 5.69 Å². The Bertz CT molecular complexity index is 790. The molecular weight excluding hydrogens is 412 g/mol. The van der Waals surface area contributed by atoms with Crippen molar-refractivity contribution < 1.29 is 29.3 Å². The molecule has 0 saturated carbocycles. The van der Waals surface area contributed by atoms with Crippen LogP contribution in [0.25, 0.3) is 0 Å². The third-order valence-corrected chi connectivity index (χ3v) is 2.82. The smallest absolute Gasteiger partial charge is 0.394 e. The van der Waals surface area contributed by atoms with Crippen molar-refractivity contribution in [2.75, 3.05) is 10.6 Å². The van der Waals surface area contributed by atoms with Crippen molar-refractivity contribution in [3.05, 3.63) is 42.5 Å². The van der Waals surface area contributed by atoms with Crippen LogP contribution in [0.5, 0.6) is 17.2 Å². The summed E-state index contributed by atoms with van der Waals surface area (Å²) in [4.78, 5) is 32.6. The van der Waals surface area contributed by atoms with Crippen LogP contribution < -0.4 is 15.4 Å². The number of carbonyl (C=O) groups excluding carboxylic acids is 2. The molecule has 8 nitrogen and oxygen atoms in total. The number of hydrogen-bond acceptors (Lipinski definition) is 5. The summed E-state index contributed by atoms with van der Waals surface area (Å²) in [5.41, 5.74) is 0.518. The molecule has 0 fully saturated rings. The Morgan fingerprint density at radius 2 is 1.22 bits per heavy atom. The van der Waals surface area contributed by atoms with Gasteiger partial charge in [-0.1, -0.05) is 55.4 Å². The number of carboxylic acids is 1. The maximum atomic E-state index is 11.1. The van der Waals surface area contributed by atoms with Crippen LogP contribution in [-0.4, -0.2) is 28.0 Å². The van der Waals surface area contributed by atoms with Gasteiger partial charge < -0.3 is 25.6 Å². The second kappa shape index (κ2) is 20.7. The lowest BCUT2D eigenvalue weighted by molar-refractivity contribution is -0.147. The summed E-state index contributed by atoms with van der Waals surface area (Å²) in [6.45, 7) is 17.3. The van der Waals surface area contributed by atoms with Gasteiger partial charge in [0.2, 0.25) is 5.91 Å². The average Bonchev–Trinajstić information content (AvgIpc) is 2.82. The van der Waals surface area contributed by atoms with Gasteiger partial charge in [0.25, 0.3) is 0 Å². The predicted molar refractivity (Wildman–Crippen MR) is 131 cm³/mol. The molecule has 4 N–H and O–H groups in total. The molecule has 0 aliphatic rings. The van der Waals surface area contributed by atoms with E-state index in [0.29, 0.717) is 17.2 Å². The van der Waals surface area contributed by atoms with Crippen molar-refractivity contribution in [1.82, 2.24) is 0 Å². The number of amides is 2. The number of ether oxygens (including phenoxy) is 1. The number of phenols is 1. The van der Waals surface area contributed by atoms with E-state index < -0.39 is 11.9 Å². The van der Waals surface area contributed by atoms with Gasteiger partial charge in [-0.25, -0.2) is 4.79 Å². The highest BCUT2D eigenvalue weighted by Gasteiger charge is 2.11. The third kappa shape index (κ3) is 13.6. The summed E-state index contributed by atoms with van der Waals surface area (Å²) in [6.07, 6.45) is 0. The molecule has 0 unspecified atom stereocenters. The molecular formula is C24H38N2O6. The van der Waals surface area contributed by atoms with Crippen molar-refractivity contribution in [3.63, 3.8) is 0 Å². The standard InChI is InChI=1S/C16H14N2O6.4C2H6/c1-9(19)17-13-8-12(6-7-14(13)20)24-11-4-2-10(3-5-11)18-15(21)16(22)23;4*1-2/h2-8,20H,1H3,(H,17,19)(H,18,21)(H,22,23);4*1-2H3. The van der Waals surface area contributed by atoms with Crippen LogP contribution in [0.1, 0.15) is 62.3 Å². The summed E-state index contributed by atoms with van der Waals surface area (Å²) in [6, 6.07) is 10.4. The molecule has 180 valence electrons. The molecule has 2 aromatic carbocycles. The van der Waals surface area contributed by atoms with Crippen molar-refractivity contribution >= 4 is 29.2 Å². The van der Waals surface area contributed by atoms with Crippen LogP contribution in [0.3, 0.4) is 0 Å². The van der Waals surface area contributed by atoms with Crippen molar-refractivity contribution in [2.24, 2.45) is 0 Å². The number of carboxylic acid groups (broad SMARTS) is 1. The fourth-order valence-electron chi connectivity index (χ4n) is 1.80. The first-order valence-corrected chi connectivity index (χ1v) is 10.8. The Hall–Kier alpha value is -3.55. The van der Waals surface area contributed by atoms with Gasteiger partial charge in [-0.3, -0.25) is 9.59 Å². The molecule has 0 atom stereocenters. The van der Waals surface area contributed by atoms with Crippen molar-refractivity contribution in [1.29, 1.82) is 0 Å². The largest absolute Gasteiger partial charge is 0.506 e. The van der Waals surface area contributed by atoms with Crippen LogP contribution >= 0.6 is 0 Å². The van der Waals surface area contributed by atoms with E-state index in [9.17, 15) is 19.5 Å². The molecule has 0 aliphatic heterocycles. The summed E-state index contributed by atoms with van der Waals surface area (Å²) >= 11 is 0. The first-order chi connectivity index (χ1) is 15.3. The molecule has 2 rings (SSSR count). The number of rotatable bonds is 4. The Morgan fingerprint density at radius 3 is 1.66 bits per heavy atom. The van der Waals surface area contributed by atoms with Gasteiger partial charge in [0.15, 0.2) is 0 Å². The molecule has 0 aliphatic carbocycles. The highest BCUT2D eigenvalue weighted by atomic mass is 16.5. The number of benzene rings is 2. The van der Waals surface area contributed by atoms with Crippen LogP contribution in [0.15, 0.2) is 42.5 Å². The minimum atomic E-state index is -1.58. The molecule has 0 radical (unpaired) electrons. The number of nitrogens with one attached hydrogen (secondary N) is 2. The first-order valence-electron chi connectivity index (χ1n) is 10.8. The zero-order chi connectivity index (χ0) is 25.7. The monoisotopic (exact) mass is 450 g/mol. The fraction of sp³-hybridized carbons (Fsp3) is 0.375. The van der Waals surface area contributed by atoms with E-state index in [2.05, 4.69) is 10.6 Å². The lowest BCUT2D eigenvalue weighted by Gasteiger charge is -2.10. The van der Waals surface area contributed by atoms with E-state index in [0.717, 1.165) is 0 Å². The SMILES string of the molecule is CC.CC.CC.CC.CC(=O)Nc1cc(Oc2ccc(NC(=O)C(=O)O)cc2)ccc1O. The van der Waals surface area contributed by atoms with E-state index in [-0.39, 0.29) is 17.3 Å². The molecule has 0 saturated heterocycles. The fourth-order valence-corrected chi connectivity index (χ4v) is 1.80. The van der Waals surface area contributed by atoms with Gasteiger partial charge in [-0.05, 0) is 36.4 Å². The first kappa shape index (κ1) is 33.1. The van der Waals surface area contributed by atoms with Gasteiger partial charge in [0, 0.05) is 18.7 Å². The summed E-state index contributed by atoms with van der Waals surface area (Å²) in [7, 11) is 0. The number of hydrogen-bond donors (Lipinski definition) is 4. The van der Waals surface area contributed by atoms with Gasteiger partial charge >= 0.3 is 11.9 Å². The zero-order valence-electron chi connectivity index (χ0n) is 20.6. The molecule has 8 heteroatoms. The lowest BCUT2D eigenvalue weighted by Crippen LogP contribution is -2.21. The zero-order valence-corrected chi connectivity index (χ0v) is 20.6. The number of aliphatic carboxylic acids is 1. The third-order valence-electron chi connectivity index (χ3n) is 2.82. The van der Waals surface area contributed by atoms with Crippen LogP contribution in [-0.2, 0) is 14.4 Å². The molecule has 0 aromatic heterocycles. The number of carbonyl (C=O) groups is 3. The lowest BCUT2D eigenvalue weighted by atomic mass is 10.2. The highest BCUT2D eigenvalue weighted by molar-refractivity contribution is 6.36. The second-order valence-electron chi connectivity index (χ2n) is 4.75. The maximum Gasteiger partial charge on any atom is 0.394 e. The minimum absolute atomic E-state index is 0.0933. The van der Waals surface area contributed by atoms with E-state index >= 15 is 0 Å². The predicted octanol–water partition coefficient (Wildman–Crippen LogP) is 6.27. The summed E-state index contributed by atoms with van der Waals surface area (Å²) < 4.78 is 5.57. The number of aromatic hydroxyl groups is 1. The average molecular weight is 451 g/mol. The van der Waals surface area contributed by atoms with Crippen molar-refractivity contribution in [3.8, 4) is 17.2 Å². The summed E-state index contributed by atoms with van der Waals surface area (Å²) in [5, 5.41) is 22.8. The molecule has 2 amide bonds. The number of anilines is 2. The Balaban J connectivity index is -0.000000945. The summed E-state index contributed by atoms with van der Waals surface area (Å²) in [5.74, 6) is -2.35. The second-order valence-corrected chi connectivity index (χ2v) is 4.75. The van der Waals surface area contributed by atoms with E-state index in [4.69, 9.17) is 9.84 Å². The quantitative estimate of drug-likeness (QED) is 0.321. The molecule has 2 aromatic rings. The van der Waals surface area contributed by atoms with E-state index in [1.54, 1.807) is 0 Å².